The van der Waals surface area contributed by atoms with Crippen molar-refractivity contribution in [3.8, 4) is 11.5 Å². The summed E-state index contributed by atoms with van der Waals surface area (Å²) >= 11 is 0. The molecule has 0 radical (unpaired) electrons. The van der Waals surface area contributed by atoms with Crippen LogP contribution in [0.5, 0.6) is 0 Å². The highest BCUT2D eigenvalue weighted by Gasteiger charge is 2.36. The van der Waals surface area contributed by atoms with Crippen molar-refractivity contribution in [2.45, 2.75) is 56.8 Å². The normalized spacial score (nSPS) is 23.3. The monoisotopic (exact) mass is 551 g/mol. The van der Waals surface area contributed by atoms with E-state index in [1.165, 1.54) is 12.1 Å². The van der Waals surface area contributed by atoms with Crippen molar-refractivity contribution < 1.29 is 32.6 Å². The van der Waals surface area contributed by atoms with Gasteiger partial charge in [-0.2, -0.15) is 0 Å². The van der Waals surface area contributed by atoms with Gasteiger partial charge in [-0.25, -0.2) is 13.8 Å². The molecule has 10 heteroatoms. The Labute approximate surface area is 229 Å². The number of benzene rings is 2. The minimum Gasteiger partial charge on any atom is -0.481 e. The molecule has 1 saturated carbocycles. The Morgan fingerprint density at radius 1 is 1.15 bits per heavy atom. The molecule has 2 aromatic heterocycles. The summed E-state index contributed by atoms with van der Waals surface area (Å²) in [7, 11) is 1.87. The summed E-state index contributed by atoms with van der Waals surface area (Å²) in [6.07, 6.45) is 3.44. The molecule has 3 heterocycles. The SMILES string of the molecule is Cn1cc(-c2nc3ccc(CC(=O)N4C[C@@H](F)C[C@H]4COC4CCC(C(=O)O)CC4)cc3o2)c2cc(F)ccc21. The zero-order valence-corrected chi connectivity index (χ0v) is 22.2. The number of rotatable bonds is 7. The number of hydrogen-bond acceptors (Lipinski definition) is 5. The standard InChI is InChI=1S/C30H31F2N3O5/c1-34-15-24(23-13-19(31)5-9-26(23)34)29-33-25-8-2-17(10-27(25)40-29)11-28(36)35-14-20(32)12-21(35)16-39-22-6-3-18(4-7-22)30(37)38/h2,5,8-10,13,15,18,20-22H,3-4,6-7,11-12,14,16H2,1H3,(H,37,38)/t18?,20-,21-,22?/m0/s1. The maximum absolute atomic E-state index is 14.4. The number of fused-ring (bicyclic) bond motifs is 2. The van der Waals surface area contributed by atoms with Crippen LogP contribution in [0.3, 0.4) is 0 Å². The van der Waals surface area contributed by atoms with Gasteiger partial charge in [-0.3, -0.25) is 9.59 Å². The summed E-state index contributed by atoms with van der Waals surface area (Å²) in [4.78, 5) is 30.6. The highest BCUT2D eigenvalue weighted by molar-refractivity contribution is 5.95. The van der Waals surface area contributed by atoms with Gasteiger partial charge in [0.1, 0.15) is 17.5 Å². The van der Waals surface area contributed by atoms with Crippen molar-refractivity contribution in [3.63, 3.8) is 0 Å². The minimum atomic E-state index is -1.11. The van der Waals surface area contributed by atoms with Crippen LogP contribution in [0.4, 0.5) is 8.78 Å². The molecular formula is C30H31F2N3O5. The molecule has 2 atom stereocenters. The van der Waals surface area contributed by atoms with Gasteiger partial charge in [-0.15, -0.1) is 0 Å². The molecule has 0 spiro atoms. The predicted octanol–water partition coefficient (Wildman–Crippen LogP) is 5.27. The zero-order valence-electron chi connectivity index (χ0n) is 22.2. The van der Waals surface area contributed by atoms with Crippen molar-refractivity contribution in [2.75, 3.05) is 13.2 Å². The predicted molar refractivity (Wildman–Crippen MR) is 144 cm³/mol. The molecule has 1 aliphatic carbocycles. The van der Waals surface area contributed by atoms with Gasteiger partial charge < -0.3 is 23.7 Å². The Balaban J connectivity index is 1.13. The molecular weight excluding hydrogens is 520 g/mol. The number of carboxylic acids is 1. The second-order valence-electron chi connectivity index (χ2n) is 11.0. The lowest BCUT2D eigenvalue weighted by Gasteiger charge is -2.29. The van der Waals surface area contributed by atoms with Gasteiger partial charge in [0, 0.05) is 30.6 Å². The number of aromatic nitrogens is 2. The topological polar surface area (TPSA) is 97.8 Å². The van der Waals surface area contributed by atoms with Gasteiger partial charge in [0.05, 0.1) is 43.2 Å². The zero-order chi connectivity index (χ0) is 28.0. The number of alkyl halides is 1. The van der Waals surface area contributed by atoms with Gasteiger partial charge >= 0.3 is 5.97 Å². The number of likely N-dealkylation sites (tertiary alicyclic amines) is 1. The molecule has 8 nitrogen and oxygen atoms in total. The fourth-order valence-corrected chi connectivity index (χ4v) is 6.05. The number of amides is 1. The van der Waals surface area contributed by atoms with E-state index in [2.05, 4.69) is 4.98 Å². The van der Waals surface area contributed by atoms with E-state index < -0.39 is 12.1 Å². The second-order valence-corrected chi connectivity index (χ2v) is 11.0. The molecule has 4 aromatic rings. The van der Waals surface area contributed by atoms with Crippen LogP contribution in [-0.4, -0.2) is 62.9 Å². The van der Waals surface area contributed by atoms with E-state index in [0.717, 1.165) is 11.1 Å². The lowest BCUT2D eigenvalue weighted by molar-refractivity contribution is -0.144. The molecule has 6 rings (SSSR count). The Kier molecular flexibility index (Phi) is 7.04. The van der Waals surface area contributed by atoms with E-state index in [1.807, 2.05) is 23.9 Å². The quantitative estimate of drug-likeness (QED) is 0.336. The lowest BCUT2D eigenvalue weighted by atomic mass is 9.87. The van der Waals surface area contributed by atoms with Crippen LogP contribution in [0.2, 0.25) is 0 Å². The van der Waals surface area contributed by atoms with Crippen molar-refractivity contribution in [1.82, 2.24) is 14.5 Å². The third-order valence-electron chi connectivity index (χ3n) is 8.22. The van der Waals surface area contributed by atoms with Crippen LogP contribution in [0.25, 0.3) is 33.5 Å². The maximum atomic E-state index is 14.4. The molecule has 40 heavy (non-hydrogen) atoms. The Bertz CT molecular complexity index is 1570. The van der Waals surface area contributed by atoms with Crippen LogP contribution >= 0.6 is 0 Å². The Morgan fingerprint density at radius 3 is 2.73 bits per heavy atom. The first kappa shape index (κ1) is 26.4. The second kappa shape index (κ2) is 10.6. The van der Waals surface area contributed by atoms with E-state index in [1.54, 1.807) is 23.1 Å². The van der Waals surface area contributed by atoms with Crippen molar-refractivity contribution in [2.24, 2.45) is 13.0 Å². The third-order valence-corrected chi connectivity index (χ3v) is 8.22. The summed E-state index contributed by atoms with van der Waals surface area (Å²) in [5, 5.41) is 9.88. The molecule has 0 unspecified atom stereocenters. The average molecular weight is 552 g/mol. The number of carboxylic acid groups (broad SMARTS) is 1. The van der Waals surface area contributed by atoms with E-state index in [-0.39, 0.29) is 55.8 Å². The fraction of sp³-hybridized carbons (Fsp3) is 0.433. The maximum Gasteiger partial charge on any atom is 0.306 e. The van der Waals surface area contributed by atoms with Crippen molar-refractivity contribution >= 4 is 33.9 Å². The van der Waals surface area contributed by atoms with E-state index in [0.29, 0.717) is 53.6 Å². The molecule has 2 fully saturated rings. The molecule has 210 valence electrons. The molecule has 1 aliphatic heterocycles. The average Bonchev–Trinajstić information content (AvgIpc) is 3.62. The molecule has 1 N–H and O–H groups in total. The number of aryl methyl sites for hydroxylation is 1. The van der Waals surface area contributed by atoms with Gasteiger partial charge in [0.2, 0.25) is 11.8 Å². The number of carbonyl (C=O) groups excluding carboxylic acids is 1. The van der Waals surface area contributed by atoms with Crippen LogP contribution in [-0.2, 0) is 27.8 Å². The number of oxazole rings is 1. The third kappa shape index (κ3) is 5.20. The number of carbonyl (C=O) groups is 2. The lowest BCUT2D eigenvalue weighted by Crippen LogP contribution is -2.40. The summed E-state index contributed by atoms with van der Waals surface area (Å²) < 4.78 is 42.3. The Morgan fingerprint density at radius 2 is 1.95 bits per heavy atom. The number of ether oxygens (including phenoxy) is 1. The van der Waals surface area contributed by atoms with Crippen molar-refractivity contribution in [1.29, 1.82) is 0 Å². The van der Waals surface area contributed by atoms with Crippen LogP contribution in [0.15, 0.2) is 47.0 Å². The van der Waals surface area contributed by atoms with Crippen LogP contribution in [0, 0.1) is 11.7 Å². The molecule has 2 aromatic carbocycles. The first-order valence-corrected chi connectivity index (χ1v) is 13.7. The van der Waals surface area contributed by atoms with Crippen LogP contribution in [0.1, 0.15) is 37.7 Å². The summed E-state index contributed by atoms with van der Waals surface area (Å²) in [6, 6.07) is 9.59. The number of halogens is 2. The van der Waals surface area contributed by atoms with E-state index in [4.69, 9.17) is 9.15 Å². The minimum absolute atomic E-state index is 0.0327. The molecule has 1 amide bonds. The van der Waals surface area contributed by atoms with Gasteiger partial charge in [-0.05, 0) is 61.6 Å². The first-order chi connectivity index (χ1) is 19.2. The highest BCUT2D eigenvalue weighted by Crippen LogP contribution is 2.33. The number of hydrogen-bond donors (Lipinski definition) is 1. The van der Waals surface area contributed by atoms with E-state index >= 15 is 0 Å². The Hall–Kier alpha value is -3.79. The van der Waals surface area contributed by atoms with Gasteiger partial charge in [0.15, 0.2) is 5.58 Å². The molecule has 2 aliphatic rings. The van der Waals surface area contributed by atoms with Gasteiger partial charge in [0.25, 0.3) is 0 Å². The fourth-order valence-electron chi connectivity index (χ4n) is 6.05. The van der Waals surface area contributed by atoms with Crippen molar-refractivity contribution in [3.05, 3.63) is 54.0 Å². The smallest absolute Gasteiger partial charge is 0.306 e. The summed E-state index contributed by atoms with van der Waals surface area (Å²) in [5.41, 5.74) is 3.38. The number of nitrogens with zero attached hydrogens (tertiary/aromatic N) is 3. The van der Waals surface area contributed by atoms with E-state index in [9.17, 15) is 23.5 Å². The molecule has 1 saturated heterocycles. The first-order valence-electron chi connectivity index (χ1n) is 13.7. The highest BCUT2D eigenvalue weighted by atomic mass is 19.1. The molecule has 0 bridgehead atoms. The summed E-state index contributed by atoms with van der Waals surface area (Å²) in [5.74, 6) is -1.26. The summed E-state index contributed by atoms with van der Waals surface area (Å²) in [6.45, 7) is 0.273. The van der Waals surface area contributed by atoms with Crippen LogP contribution < -0.4 is 0 Å². The number of aliphatic carboxylic acids is 1. The largest absolute Gasteiger partial charge is 0.481 e. The van der Waals surface area contributed by atoms with Gasteiger partial charge in [-0.1, -0.05) is 6.07 Å².